The molecule has 0 spiro atoms. The van der Waals surface area contributed by atoms with Crippen molar-refractivity contribution in [2.75, 3.05) is 23.3 Å². The van der Waals surface area contributed by atoms with E-state index in [9.17, 15) is 10.1 Å². The van der Waals surface area contributed by atoms with Gasteiger partial charge in [0.25, 0.3) is 5.69 Å². The van der Waals surface area contributed by atoms with Crippen molar-refractivity contribution in [2.24, 2.45) is 0 Å². The van der Waals surface area contributed by atoms with Crippen LogP contribution >= 0.6 is 0 Å². The van der Waals surface area contributed by atoms with Crippen molar-refractivity contribution in [2.45, 2.75) is 32.2 Å². The molecule has 1 N–H and O–H groups in total. The van der Waals surface area contributed by atoms with Crippen LogP contribution in [0.1, 0.15) is 31.2 Å². The van der Waals surface area contributed by atoms with E-state index in [0.29, 0.717) is 17.4 Å². The molecular weight excluding hydrogens is 354 g/mol. The van der Waals surface area contributed by atoms with E-state index in [0.717, 1.165) is 30.2 Å². The van der Waals surface area contributed by atoms with Crippen LogP contribution in [0.3, 0.4) is 0 Å². The van der Waals surface area contributed by atoms with Crippen LogP contribution in [0.4, 0.5) is 17.2 Å². The summed E-state index contributed by atoms with van der Waals surface area (Å²) in [4.78, 5) is 22.2. The highest BCUT2D eigenvalue weighted by atomic mass is 16.6. The third kappa shape index (κ3) is 3.88. The number of anilines is 2. The maximum atomic E-state index is 11.2. The smallest absolute Gasteiger partial charge is 0.278 e. The molecule has 3 aromatic rings. The van der Waals surface area contributed by atoms with E-state index < -0.39 is 0 Å². The van der Waals surface area contributed by atoms with Crippen LogP contribution in [0.25, 0.3) is 10.9 Å². The summed E-state index contributed by atoms with van der Waals surface area (Å²) in [5.74, 6) is 1.04. The van der Waals surface area contributed by atoms with Crippen LogP contribution in [0, 0.1) is 10.1 Å². The standard InChI is InChI=1S/C21H23N5O2/c27-26(28)19-9-8-18(21-17(19)6-5-11-22-21)23-14-16-7-10-20(24-15-16)25-12-3-1-2-4-13-25/h5-11,15,23H,1-4,12-14H2. The zero-order valence-electron chi connectivity index (χ0n) is 15.7. The molecule has 1 fully saturated rings. The second-order valence-corrected chi connectivity index (χ2v) is 7.07. The quantitative estimate of drug-likeness (QED) is 0.519. The Bertz CT molecular complexity index is 966. The summed E-state index contributed by atoms with van der Waals surface area (Å²) in [7, 11) is 0. The van der Waals surface area contributed by atoms with Gasteiger partial charge in [0.1, 0.15) is 11.3 Å². The zero-order chi connectivity index (χ0) is 19.3. The summed E-state index contributed by atoms with van der Waals surface area (Å²) in [6.07, 6.45) is 8.60. The molecular formula is C21H23N5O2. The molecule has 0 bridgehead atoms. The number of nitrogens with one attached hydrogen (secondary N) is 1. The third-order valence-corrected chi connectivity index (χ3v) is 5.17. The first-order valence-electron chi connectivity index (χ1n) is 9.68. The van der Waals surface area contributed by atoms with Crippen LogP contribution in [0.2, 0.25) is 0 Å². The number of fused-ring (bicyclic) bond motifs is 1. The Morgan fingerprint density at radius 3 is 2.57 bits per heavy atom. The van der Waals surface area contributed by atoms with Gasteiger partial charge < -0.3 is 10.2 Å². The molecule has 7 heteroatoms. The van der Waals surface area contributed by atoms with Crippen LogP contribution < -0.4 is 10.2 Å². The monoisotopic (exact) mass is 377 g/mol. The van der Waals surface area contributed by atoms with Crippen LogP contribution in [-0.4, -0.2) is 28.0 Å². The lowest BCUT2D eigenvalue weighted by molar-refractivity contribution is -0.383. The van der Waals surface area contributed by atoms with Gasteiger partial charge in [-0.15, -0.1) is 0 Å². The summed E-state index contributed by atoms with van der Waals surface area (Å²) in [6.45, 7) is 2.73. The first-order valence-corrected chi connectivity index (χ1v) is 9.68. The number of aromatic nitrogens is 2. The summed E-state index contributed by atoms with van der Waals surface area (Å²) in [5, 5.41) is 15.1. The molecule has 3 heterocycles. The largest absolute Gasteiger partial charge is 0.379 e. The van der Waals surface area contributed by atoms with Crippen LogP contribution in [0.15, 0.2) is 48.8 Å². The summed E-state index contributed by atoms with van der Waals surface area (Å²) in [6, 6.07) is 10.8. The summed E-state index contributed by atoms with van der Waals surface area (Å²) in [5.41, 5.74) is 2.50. The lowest BCUT2D eigenvalue weighted by Crippen LogP contribution is -2.24. The Morgan fingerprint density at radius 2 is 1.86 bits per heavy atom. The average Bonchev–Trinajstić information content (AvgIpc) is 3.02. The number of pyridine rings is 2. The number of rotatable bonds is 5. The molecule has 0 radical (unpaired) electrons. The molecule has 144 valence electrons. The van der Waals surface area contributed by atoms with Crippen molar-refractivity contribution in [1.82, 2.24) is 9.97 Å². The molecule has 1 aliphatic rings. The normalized spacial score (nSPS) is 14.6. The Balaban J connectivity index is 1.49. The Kier molecular flexibility index (Phi) is 5.32. The fraction of sp³-hybridized carbons (Fsp3) is 0.333. The number of nitro groups is 1. The van der Waals surface area contributed by atoms with Crippen molar-refractivity contribution in [3.8, 4) is 0 Å². The SMILES string of the molecule is O=[N+]([O-])c1ccc(NCc2ccc(N3CCCCCC3)nc2)c2ncccc12. The highest BCUT2D eigenvalue weighted by Gasteiger charge is 2.15. The number of benzene rings is 1. The minimum Gasteiger partial charge on any atom is -0.379 e. The van der Waals surface area contributed by atoms with Gasteiger partial charge in [-0.2, -0.15) is 0 Å². The second-order valence-electron chi connectivity index (χ2n) is 7.07. The van der Waals surface area contributed by atoms with Crippen LogP contribution in [-0.2, 0) is 6.54 Å². The van der Waals surface area contributed by atoms with Crippen LogP contribution in [0.5, 0.6) is 0 Å². The third-order valence-electron chi connectivity index (χ3n) is 5.17. The fourth-order valence-electron chi connectivity index (χ4n) is 3.66. The van der Waals surface area contributed by atoms with Crippen molar-refractivity contribution in [1.29, 1.82) is 0 Å². The molecule has 0 aliphatic carbocycles. The molecule has 7 nitrogen and oxygen atoms in total. The highest BCUT2D eigenvalue weighted by Crippen LogP contribution is 2.30. The van der Waals surface area contributed by atoms with Gasteiger partial charge in [-0.1, -0.05) is 18.9 Å². The van der Waals surface area contributed by atoms with Gasteiger partial charge in [0.2, 0.25) is 0 Å². The zero-order valence-corrected chi connectivity index (χ0v) is 15.7. The first kappa shape index (κ1) is 18.2. The van der Waals surface area contributed by atoms with Gasteiger partial charge in [0.05, 0.1) is 16.0 Å². The van der Waals surface area contributed by atoms with Crippen molar-refractivity contribution < 1.29 is 4.92 Å². The summed E-state index contributed by atoms with van der Waals surface area (Å²) >= 11 is 0. The molecule has 0 unspecified atom stereocenters. The molecule has 0 atom stereocenters. The second kappa shape index (κ2) is 8.21. The Hall–Kier alpha value is -3.22. The number of nitrogens with zero attached hydrogens (tertiary/aromatic N) is 4. The Labute approximate surface area is 163 Å². The highest BCUT2D eigenvalue weighted by molar-refractivity contribution is 5.96. The van der Waals surface area contributed by atoms with E-state index in [1.807, 2.05) is 6.20 Å². The predicted molar refractivity (Wildman–Crippen MR) is 111 cm³/mol. The molecule has 0 amide bonds. The number of hydrogen-bond acceptors (Lipinski definition) is 6. The summed E-state index contributed by atoms with van der Waals surface area (Å²) < 4.78 is 0. The first-order chi connectivity index (χ1) is 13.7. The molecule has 2 aromatic heterocycles. The van der Waals surface area contributed by atoms with E-state index in [1.165, 1.54) is 31.7 Å². The fourth-order valence-corrected chi connectivity index (χ4v) is 3.66. The van der Waals surface area contributed by atoms with Gasteiger partial charge in [-0.25, -0.2) is 4.98 Å². The number of hydrogen-bond donors (Lipinski definition) is 1. The minimum absolute atomic E-state index is 0.0668. The lowest BCUT2D eigenvalue weighted by atomic mass is 10.1. The molecule has 0 saturated carbocycles. The van der Waals surface area contributed by atoms with E-state index >= 15 is 0 Å². The van der Waals surface area contributed by atoms with Crippen molar-refractivity contribution >= 4 is 28.1 Å². The maximum absolute atomic E-state index is 11.2. The number of non-ortho nitro benzene ring substituents is 1. The molecule has 1 aromatic carbocycles. The van der Waals surface area contributed by atoms with Crippen molar-refractivity contribution in [3.63, 3.8) is 0 Å². The molecule has 1 aliphatic heterocycles. The molecule has 1 saturated heterocycles. The Morgan fingerprint density at radius 1 is 1.04 bits per heavy atom. The maximum Gasteiger partial charge on any atom is 0.278 e. The minimum atomic E-state index is -0.376. The topological polar surface area (TPSA) is 84.2 Å². The van der Waals surface area contributed by atoms with Gasteiger partial charge in [0.15, 0.2) is 0 Å². The van der Waals surface area contributed by atoms with Gasteiger partial charge in [-0.3, -0.25) is 15.1 Å². The predicted octanol–water partition coefficient (Wildman–Crippen LogP) is 4.53. The number of nitro benzene ring substituents is 1. The van der Waals surface area contributed by atoms with Gasteiger partial charge in [0, 0.05) is 38.1 Å². The lowest BCUT2D eigenvalue weighted by Gasteiger charge is -2.21. The van der Waals surface area contributed by atoms with E-state index in [2.05, 4.69) is 32.3 Å². The van der Waals surface area contributed by atoms with E-state index in [1.54, 1.807) is 24.4 Å². The van der Waals surface area contributed by atoms with Crippen molar-refractivity contribution in [3.05, 3.63) is 64.5 Å². The molecule has 4 rings (SSSR count). The van der Waals surface area contributed by atoms with E-state index in [-0.39, 0.29) is 10.6 Å². The molecule has 28 heavy (non-hydrogen) atoms. The average molecular weight is 377 g/mol. The van der Waals surface area contributed by atoms with Gasteiger partial charge >= 0.3 is 0 Å². The van der Waals surface area contributed by atoms with E-state index in [4.69, 9.17) is 0 Å². The van der Waals surface area contributed by atoms with Gasteiger partial charge in [-0.05, 0) is 42.7 Å².